The molecule has 6 nitrogen and oxygen atoms in total. The van der Waals surface area contributed by atoms with Gasteiger partial charge in [0.05, 0.1) is 25.2 Å². The Morgan fingerprint density at radius 2 is 1.86 bits per heavy atom. The summed E-state index contributed by atoms with van der Waals surface area (Å²) in [4.78, 5) is 24.6. The molecule has 0 fully saturated rings. The fourth-order valence-electron chi connectivity index (χ4n) is 3.36. The second-order valence-electron chi connectivity index (χ2n) is 7.72. The molecule has 4 N–H and O–H groups in total. The van der Waals surface area contributed by atoms with E-state index in [1.807, 2.05) is 56.3 Å². The van der Waals surface area contributed by atoms with Gasteiger partial charge in [-0.15, -0.1) is 0 Å². The molecule has 0 aliphatic carbocycles. The van der Waals surface area contributed by atoms with Crippen LogP contribution in [0.1, 0.15) is 43.0 Å². The van der Waals surface area contributed by atoms with E-state index in [-0.39, 0.29) is 30.3 Å². The Bertz CT molecular complexity index is 852. The van der Waals surface area contributed by atoms with Gasteiger partial charge in [-0.25, -0.2) is 0 Å². The summed E-state index contributed by atoms with van der Waals surface area (Å²) in [5.74, 6) is 0.329. The van der Waals surface area contributed by atoms with Gasteiger partial charge >= 0.3 is 0 Å². The third-order valence-electron chi connectivity index (χ3n) is 5.15. The molecule has 0 bridgehead atoms. The Morgan fingerprint density at radius 3 is 2.59 bits per heavy atom. The molecule has 0 saturated heterocycles. The zero-order valence-corrected chi connectivity index (χ0v) is 17.0. The molecule has 6 heteroatoms. The molecule has 1 heterocycles. The largest absolute Gasteiger partial charge is 0.493 e. The smallest absolute Gasteiger partial charge is 0.240 e. The maximum Gasteiger partial charge on any atom is 0.240 e. The van der Waals surface area contributed by atoms with Gasteiger partial charge in [0.25, 0.3) is 0 Å². The van der Waals surface area contributed by atoms with Crippen molar-refractivity contribution < 1.29 is 14.3 Å². The molecule has 1 aliphatic rings. The summed E-state index contributed by atoms with van der Waals surface area (Å²) in [7, 11) is 0. The molecule has 0 radical (unpaired) electrons. The molecule has 2 amide bonds. The molecule has 2 aromatic rings. The number of benzene rings is 2. The van der Waals surface area contributed by atoms with Gasteiger partial charge in [0.1, 0.15) is 5.75 Å². The highest BCUT2D eigenvalue weighted by Gasteiger charge is 2.21. The lowest BCUT2D eigenvalue weighted by Crippen LogP contribution is -2.47. The highest BCUT2D eigenvalue weighted by Crippen LogP contribution is 2.30. The van der Waals surface area contributed by atoms with Crippen molar-refractivity contribution in [3.8, 4) is 5.75 Å². The minimum atomic E-state index is -0.631. The van der Waals surface area contributed by atoms with E-state index >= 15 is 0 Å². The standard InChI is InChI=1S/C23H29N3O3/c1-15(2)21(24)23(28)25-14-20(27)26-22(16-7-4-3-5-8-16)18-10-11-19-17(13-18)9-6-12-29-19/h3-5,7-8,10-11,13,15,21-22H,6,9,12,14,24H2,1-2H3,(H,25,28)(H,26,27)/t21-,22?/m0/s1. The summed E-state index contributed by atoms with van der Waals surface area (Å²) in [6.07, 6.45) is 1.95. The Labute approximate surface area is 171 Å². The number of amides is 2. The first-order chi connectivity index (χ1) is 14.0. The van der Waals surface area contributed by atoms with Crippen LogP contribution in [0.2, 0.25) is 0 Å². The number of hydrogen-bond acceptors (Lipinski definition) is 4. The van der Waals surface area contributed by atoms with Gasteiger partial charge in [-0.1, -0.05) is 50.2 Å². The van der Waals surface area contributed by atoms with E-state index in [1.165, 1.54) is 0 Å². The topological polar surface area (TPSA) is 93.5 Å². The van der Waals surface area contributed by atoms with Crippen molar-refractivity contribution in [2.24, 2.45) is 11.7 Å². The molecular weight excluding hydrogens is 366 g/mol. The number of rotatable bonds is 7. The van der Waals surface area contributed by atoms with Crippen molar-refractivity contribution in [3.05, 3.63) is 65.2 Å². The lowest BCUT2D eigenvalue weighted by atomic mass is 9.95. The van der Waals surface area contributed by atoms with Crippen LogP contribution in [-0.2, 0) is 16.0 Å². The molecule has 0 aromatic heterocycles. The summed E-state index contributed by atoms with van der Waals surface area (Å²) in [6, 6.07) is 14.9. The van der Waals surface area contributed by atoms with E-state index in [1.54, 1.807) is 0 Å². The van der Waals surface area contributed by atoms with Crippen molar-refractivity contribution in [1.29, 1.82) is 0 Å². The summed E-state index contributed by atoms with van der Waals surface area (Å²) < 4.78 is 5.70. The first-order valence-electron chi connectivity index (χ1n) is 10.1. The predicted octanol–water partition coefficient (Wildman–Crippen LogP) is 2.32. The molecule has 2 aromatic carbocycles. The number of aryl methyl sites for hydroxylation is 1. The predicted molar refractivity (Wildman–Crippen MR) is 113 cm³/mol. The summed E-state index contributed by atoms with van der Waals surface area (Å²) in [5.41, 5.74) is 8.95. The van der Waals surface area contributed by atoms with Crippen LogP contribution in [0.15, 0.2) is 48.5 Å². The van der Waals surface area contributed by atoms with E-state index in [2.05, 4.69) is 16.7 Å². The molecule has 154 valence electrons. The number of nitrogens with two attached hydrogens (primary N) is 1. The number of carbonyl (C=O) groups excluding carboxylic acids is 2. The summed E-state index contributed by atoms with van der Waals surface area (Å²) >= 11 is 0. The average molecular weight is 396 g/mol. The lowest BCUT2D eigenvalue weighted by Gasteiger charge is -2.23. The fourth-order valence-corrected chi connectivity index (χ4v) is 3.36. The van der Waals surface area contributed by atoms with Crippen molar-refractivity contribution in [1.82, 2.24) is 10.6 Å². The van der Waals surface area contributed by atoms with Gasteiger partial charge < -0.3 is 21.1 Å². The van der Waals surface area contributed by atoms with E-state index in [9.17, 15) is 9.59 Å². The molecule has 3 rings (SSSR count). The van der Waals surface area contributed by atoms with E-state index < -0.39 is 6.04 Å². The molecule has 1 aliphatic heterocycles. The normalized spacial score (nSPS) is 15.0. The van der Waals surface area contributed by atoms with Gasteiger partial charge in [-0.3, -0.25) is 9.59 Å². The second-order valence-corrected chi connectivity index (χ2v) is 7.72. The Kier molecular flexibility index (Phi) is 6.88. The molecule has 0 spiro atoms. The maximum absolute atomic E-state index is 12.6. The van der Waals surface area contributed by atoms with Crippen LogP contribution >= 0.6 is 0 Å². The van der Waals surface area contributed by atoms with Crippen LogP contribution in [-0.4, -0.2) is 31.0 Å². The van der Waals surface area contributed by atoms with E-state index in [0.29, 0.717) is 0 Å². The molecule has 1 unspecified atom stereocenters. The number of carbonyl (C=O) groups is 2. The number of nitrogens with one attached hydrogen (secondary N) is 2. The third-order valence-corrected chi connectivity index (χ3v) is 5.15. The maximum atomic E-state index is 12.6. The zero-order valence-electron chi connectivity index (χ0n) is 17.0. The second kappa shape index (κ2) is 9.56. The lowest BCUT2D eigenvalue weighted by molar-refractivity contribution is -0.127. The number of fused-ring (bicyclic) bond motifs is 1. The van der Waals surface area contributed by atoms with Crippen LogP contribution < -0.4 is 21.1 Å². The minimum absolute atomic E-state index is 0.00726. The Balaban J connectivity index is 1.75. The van der Waals surface area contributed by atoms with Gasteiger partial charge in [0.15, 0.2) is 0 Å². The van der Waals surface area contributed by atoms with E-state index in [0.717, 1.165) is 41.9 Å². The van der Waals surface area contributed by atoms with Crippen LogP contribution in [0.5, 0.6) is 5.75 Å². The highest BCUT2D eigenvalue weighted by atomic mass is 16.5. The monoisotopic (exact) mass is 395 g/mol. The molecule has 29 heavy (non-hydrogen) atoms. The highest BCUT2D eigenvalue weighted by molar-refractivity contribution is 5.87. The minimum Gasteiger partial charge on any atom is -0.493 e. The SMILES string of the molecule is CC(C)[C@H](N)C(=O)NCC(=O)NC(c1ccccc1)c1ccc2c(c1)CCCO2. The Morgan fingerprint density at radius 1 is 1.10 bits per heavy atom. The Hall–Kier alpha value is -2.86. The van der Waals surface area contributed by atoms with Crippen LogP contribution in [0.3, 0.4) is 0 Å². The summed E-state index contributed by atoms with van der Waals surface area (Å²) in [5, 5.41) is 5.67. The van der Waals surface area contributed by atoms with Crippen LogP contribution in [0, 0.1) is 5.92 Å². The average Bonchev–Trinajstić information content (AvgIpc) is 2.75. The van der Waals surface area contributed by atoms with Gasteiger partial charge in [0.2, 0.25) is 11.8 Å². The zero-order chi connectivity index (χ0) is 20.8. The quantitative estimate of drug-likeness (QED) is 0.671. The third kappa shape index (κ3) is 5.35. The van der Waals surface area contributed by atoms with Crippen molar-refractivity contribution >= 4 is 11.8 Å². The first kappa shape index (κ1) is 20.9. The van der Waals surface area contributed by atoms with Crippen molar-refractivity contribution in [2.75, 3.05) is 13.2 Å². The first-order valence-corrected chi connectivity index (χ1v) is 10.1. The summed E-state index contributed by atoms with van der Waals surface area (Å²) in [6.45, 7) is 4.37. The fraction of sp³-hybridized carbons (Fsp3) is 0.391. The van der Waals surface area contributed by atoms with Gasteiger partial charge in [-0.2, -0.15) is 0 Å². The number of hydrogen-bond donors (Lipinski definition) is 3. The van der Waals surface area contributed by atoms with Gasteiger partial charge in [-0.05, 0) is 47.6 Å². The van der Waals surface area contributed by atoms with Crippen molar-refractivity contribution in [2.45, 2.75) is 38.8 Å². The van der Waals surface area contributed by atoms with Crippen LogP contribution in [0.25, 0.3) is 0 Å². The van der Waals surface area contributed by atoms with Crippen LogP contribution in [0.4, 0.5) is 0 Å². The molecular formula is C23H29N3O3. The molecule has 2 atom stereocenters. The molecule has 0 saturated carbocycles. The number of ether oxygens (including phenoxy) is 1. The van der Waals surface area contributed by atoms with E-state index in [4.69, 9.17) is 10.5 Å². The van der Waals surface area contributed by atoms with Gasteiger partial charge in [0, 0.05) is 0 Å². The van der Waals surface area contributed by atoms with Crippen molar-refractivity contribution in [3.63, 3.8) is 0 Å².